The van der Waals surface area contributed by atoms with Gasteiger partial charge in [0.15, 0.2) is 0 Å². The molecule has 2 aromatic heterocycles. The van der Waals surface area contributed by atoms with E-state index in [1.165, 1.54) is 23.3 Å². The molecule has 1 amide bonds. The quantitative estimate of drug-likeness (QED) is 0.826. The molecular weight excluding hydrogens is 334 g/mol. The lowest BCUT2D eigenvalue weighted by Gasteiger charge is -2.21. The predicted octanol–water partition coefficient (Wildman–Crippen LogP) is 2.83. The molecule has 1 saturated heterocycles. The number of carbonyl (C=O) groups is 1. The number of aromatic nitrogens is 2. The number of anilines is 1. The van der Waals surface area contributed by atoms with E-state index in [1.54, 1.807) is 11.3 Å². The predicted molar refractivity (Wildman–Crippen MR) is 103 cm³/mol. The van der Waals surface area contributed by atoms with Crippen LogP contribution in [-0.2, 0) is 11.3 Å². The number of aryl methyl sites for hydroxylation is 2. The Morgan fingerprint density at radius 2 is 1.96 bits per heavy atom. The minimum Gasteiger partial charge on any atom is -0.368 e. The minimum absolute atomic E-state index is 0.0876. The molecule has 2 aromatic rings. The molecule has 0 radical (unpaired) electrons. The van der Waals surface area contributed by atoms with E-state index in [4.69, 9.17) is 15.7 Å². The molecule has 3 heterocycles. The molecular formula is C18H27N5OS. The van der Waals surface area contributed by atoms with Crippen LogP contribution in [-0.4, -0.2) is 39.9 Å². The van der Waals surface area contributed by atoms with Crippen LogP contribution in [0.4, 0.5) is 5.82 Å². The molecule has 6 nitrogen and oxygen atoms in total. The summed E-state index contributed by atoms with van der Waals surface area (Å²) >= 11 is 1.68. The zero-order valence-electron chi connectivity index (χ0n) is 15.4. The Kier molecular flexibility index (Phi) is 5.24. The Hall–Kier alpha value is -1.73. The summed E-state index contributed by atoms with van der Waals surface area (Å²) in [5.41, 5.74) is 6.76. The highest BCUT2D eigenvalue weighted by molar-refractivity contribution is 7.18. The van der Waals surface area contributed by atoms with Gasteiger partial charge in [-0.15, -0.1) is 11.3 Å². The van der Waals surface area contributed by atoms with Crippen molar-refractivity contribution in [3.63, 3.8) is 0 Å². The normalized spacial score (nSPS) is 16.7. The van der Waals surface area contributed by atoms with Gasteiger partial charge in [-0.2, -0.15) is 0 Å². The van der Waals surface area contributed by atoms with Crippen molar-refractivity contribution in [3.8, 4) is 0 Å². The number of thiophene rings is 1. The zero-order chi connectivity index (χ0) is 18.1. The number of hydrogen-bond acceptors (Lipinski definition) is 6. The maximum absolute atomic E-state index is 11.8. The number of nitrogens with zero attached hydrogens (tertiary/aromatic N) is 3. The lowest BCUT2D eigenvalue weighted by atomic mass is 10.0. The van der Waals surface area contributed by atoms with E-state index in [-0.39, 0.29) is 11.8 Å². The van der Waals surface area contributed by atoms with Crippen molar-refractivity contribution in [1.29, 1.82) is 0 Å². The molecule has 25 heavy (non-hydrogen) atoms. The number of amides is 1. The Balaban J connectivity index is 2.02. The van der Waals surface area contributed by atoms with Gasteiger partial charge >= 0.3 is 0 Å². The van der Waals surface area contributed by atoms with Crippen LogP contribution >= 0.6 is 11.3 Å². The van der Waals surface area contributed by atoms with Gasteiger partial charge in [0.05, 0.1) is 11.9 Å². The van der Waals surface area contributed by atoms with Gasteiger partial charge in [0.25, 0.3) is 0 Å². The summed E-state index contributed by atoms with van der Waals surface area (Å²) in [5, 5.41) is 4.32. The van der Waals surface area contributed by atoms with Crippen molar-refractivity contribution in [2.45, 2.75) is 53.1 Å². The number of carbonyl (C=O) groups excluding carboxylic acids is 1. The first-order valence-corrected chi connectivity index (χ1v) is 9.73. The Morgan fingerprint density at radius 3 is 2.56 bits per heavy atom. The van der Waals surface area contributed by atoms with Gasteiger partial charge in [0.2, 0.25) is 5.91 Å². The Morgan fingerprint density at radius 1 is 1.28 bits per heavy atom. The fraction of sp³-hybridized carbons (Fsp3) is 0.611. The summed E-state index contributed by atoms with van der Waals surface area (Å²) in [5.74, 6) is 1.28. The van der Waals surface area contributed by atoms with Gasteiger partial charge < -0.3 is 11.1 Å². The highest BCUT2D eigenvalue weighted by Gasteiger charge is 2.23. The van der Waals surface area contributed by atoms with Crippen molar-refractivity contribution < 1.29 is 4.79 Å². The first-order chi connectivity index (χ1) is 11.9. The lowest BCUT2D eigenvalue weighted by molar-refractivity contribution is -0.119. The van der Waals surface area contributed by atoms with Crippen LogP contribution in [0.25, 0.3) is 10.2 Å². The highest BCUT2D eigenvalue weighted by atomic mass is 32.1. The maximum atomic E-state index is 11.8. The van der Waals surface area contributed by atoms with Crippen molar-refractivity contribution in [3.05, 3.63) is 16.3 Å². The first-order valence-electron chi connectivity index (χ1n) is 8.91. The van der Waals surface area contributed by atoms with Crippen LogP contribution in [0, 0.1) is 19.8 Å². The molecule has 0 spiro atoms. The molecule has 0 bridgehead atoms. The van der Waals surface area contributed by atoms with Crippen molar-refractivity contribution in [2.75, 3.05) is 18.4 Å². The standard InChI is InChI=1S/C18H27N5OS/c1-10(2)15(16(19)24)22-17-14-11(3)12(4)25-18(14)21-13(20-17)9-23-7-5-6-8-23/h10,15H,5-9H2,1-4H3,(H2,19,24)(H,20,21,22). The number of primary amides is 1. The molecule has 1 atom stereocenters. The Bertz CT molecular complexity index is 779. The van der Waals surface area contributed by atoms with E-state index in [0.717, 1.165) is 41.5 Å². The van der Waals surface area contributed by atoms with Crippen molar-refractivity contribution in [2.24, 2.45) is 11.7 Å². The Labute approximate surface area is 152 Å². The molecule has 1 unspecified atom stereocenters. The van der Waals surface area contributed by atoms with Crippen LogP contribution in [0.2, 0.25) is 0 Å². The third-order valence-corrected chi connectivity index (χ3v) is 6.01. The van der Waals surface area contributed by atoms with Crippen LogP contribution in [0.3, 0.4) is 0 Å². The molecule has 1 aliphatic heterocycles. The average molecular weight is 362 g/mol. The van der Waals surface area contributed by atoms with E-state index in [9.17, 15) is 4.79 Å². The number of nitrogens with one attached hydrogen (secondary N) is 1. The summed E-state index contributed by atoms with van der Waals surface area (Å²) < 4.78 is 0. The zero-order valence-corrected chi connectivity index (χ0v) is 16.2. The van der Waals surface area contributed by atoms with Crippen molar-refractivity contribution in [1.82, 2.24) is 14.9 Å². The molecule has 1 aliphatic rings. The summed E-state index contributed by atoms with van der Waals surface area (Å²) in [6, 6.07) is -0.447. The SMILES string of the molecule is Cc1sc2nc(CN3CCCC3)nc(NC(C(N)=O)C(C)C)c2c1C. The van der Waals surface area contributed by atoms with Gasteiger partial charge in [-0.05, 0) is 51.3 Å². The second-order valence-corrected chi connectivity index (χ2v) is 8.41. The monoisotopic (exact) mass is 361 g/mol. The second-order valence-electron chi connectivity index (χ2n) is 7.20. The molecule has 136 valence electrons. The van der Waals surface area contributed by atoms with E-state index < -0.39 is 6.04 Å². The van der Waals surface area contributed by atoms with Gasteiger partial charge in [0, 0.05) is 4.88 Å². The fourth-order valence-electron chi connectivity index (χ4n) is 3.32. The largest absolute Gasteiger partial charge is 0.368 e. The number of hydrogen-bond donors (Lipinski definition) is 2. The summed E-state index contributed by atoms with van der Waals surface area (Å²) in [6.45, 7) is 11.1. The van der Waals surface area contributed by atoms with E-state index >= 15 is 0 Å². The summed E-state index contributed by atoms with van der Waals surface area (Å²) in [6.07, 6.45) is 2.48. The highest BCUT2D eigenvalue weighted by Crippen LogP contribution is 2.34. The average Bonchev–Trinajstić information content (AvgIpc) is 3.13. The molecule has 7 heteroatoms. The molecule has 3 rings (SSSR count). The molecule has 1 fully saturated rings. The van der Waals surface area contributed by atoms with Crippen molar-refractivity contribution >= 4 is 33.3 Å². The lowest BCUT2D eigenvalue weighted by Crippen LogP contribution is -2.40. The van der Waals surface area contributed by atoms with Gasteiger partial charge in [-0.3, -0.25) is 9.69 Å². The van der Waals surface area contributed by atoms with E-state index in [2.05, 4.69) is 24.1 Å². The number of rotatable bonds is 6. The summed E-state index contributed by atoms with van der Waals surface area (Å²) in [4.78, 5) is 26.0. The smallest absolute Gasteiger partial charge is 0.240 e. The third-order valence-electron chi connectivity index (χ3n) is 4.90. The number of fused-ring (bicyclic) bond motifs is 1. The molecule has 0 saturated carbocycles. The van der Waals surface area contributed by atoms with Gasteiger partial charge in [-0.1, -0.05) is 13.8 Å². The maximum Gasteiger partial charge on any atom is 0.240 e. The molecule has 3 N–H and O–H groups in total. The third kappa shape index (κ3) is 3.77. The van der Waals surface area contributed by atoms with Gasteiger partial charge in [0.1, 0.15) is 22.5 Å². The topological polar surface area (TPSA) is 84.1 Å². The fourth-order valence-corrected chi connectivity index (χ4v) is 4.37. The van der Waals surface area contributed by atoms with Gasteiger partial charge in [-0.25, -0.2) is 9.97 Å². The molecule has 0 aromatic carbocycles. The van der Waals surface area contributed by atoms with Crippen LogP contribution < -0.4 is 11.1 Å². The first kappa shape index (κ1) is 18.1. The van der Waals surface area contributed by atoms with Crippen LogP contribution in [0.1, 0.15) is 43.0 Å². The number of likely N-dealkylation sites (tertiary alicyclic amines) is 1. The van der Waals surface area contributed by atoms with Crippen LogP contribution in [0.15, 0.2) is 0 Å². The van der Waals surface area contributed by atoms with E-state index in [1.807, 2.05) is 13.8 Å². The number of nitrogens with two attached hydrogens (primary N) is 1. The minimum atomic E-state index is -0.447. The molecule has 0 aliphatic carbocycles. The van der Waals surface area contributed by atoms with E-state index in [0.29, 0.717) is 0 Å². The summed E-state index contributed by atoms with van der Waals surface area (Å²) in [7, 11) is 0. The second kappa shape index (κ2) is 7.25. The van der Waals surface area contributed by atoms with Crippen LogP contribution in [0.5, 0.6) is 0 Å².